The minimum Gasteiger partial charge on any atom is -0.490 e. The fourth-order valence-electron chi connectivity index (χ4n) is 3.23. The molecule has 0 radical (unpaired) electrons. The maximum absolute atomic E-state index is 12.4. The van der Waals surface area contributed by atoms with Crippen LogP contribution in [0.15, 0.2) is 71.4 Å². The lowest BCUT2D eigenvalue weighted by molar-refractivity contribution is -0.129. The average Bonchev–Trinajstić information content (AvgIpc) is 3.15. The van der Waals surface area contributed by atoms with E-state index >= 15 is 0 Å². The maximum atomic E-state index is 12.4. The molecule has 0 fully saturated rings. The molecule has 0 amide bonds. The van der Waals surface area contributed by atoms with Gasteiger partial charge in [0.05, 0.1) is 10.2 Å². The van der Waals surface area contributed by atoms with Crippen molar-refractivity contribution in [2.24, 2.45) is 4.99 Å². The van der Waals surface area contributed by atoms with E-state index in [2.05, 4.69) is 56.2 Å². The summed E-state index contributed by atoms with van der Waals surface area (Å²) < 4.78 is 19.4. The lowest BCUT2D eigenvalue weighted by atomic mass is 10.1. The summed E-state index contributed by atoms with van der Waals surface area (Å²) >= 11 is 4.52. The Hall–Kier alpha value is -2.40. The van der Waals surface area contributed by atoms with Crippen LogP contribution in [0.5, 0.6) is 11.5 Å². The molecule has 1 aliphatic heterocycles. The maximum Gasteiger partial charge on any atom is 0.363 e. The second-order valence-corrected chi connectivity index (χ2v) is 9.67. The number of aliphatic imine (C=N–C) groups is 1. The molecule has 1 aliphatic rings. The van der Waals surface area contributed by atoms with E-state index in [1.54, 1.807) is 6.08 Å². The third-order valence-corrected chi connectivity index (χ3v) is 6.74. The van der Waals surface area contributed by atoms with E-state index in [0.717, 1.165) is 29.4 Å². The van der Waals surface area contributed by atoms with Crippen molar-refractivity contribution in [1.82, 2.24) is 0 Å². The van der Waals surface area contributed by atoms with Gasteiger partial charge in [-0.1, -0.05) is 35.9 Å². The Morgan fingerprint density at radius 3 is 2.48 bits per heavy atom. The molecule has 7 heteroatoms. The highest BCUT2D eigenvalue weighted by Crippen LogP contribution is 2.36. The van der Waals surface area contributed by atoms with E-state index in [9.17, 15) is 4.79 Å². The van der Waals surface area contributed by atoms with Gasteiger partial charge in [-0.2, -0.15) is 0 Å². The quantitative estimate of drug-likeness (QED) is 0.164. The lowest BCUT2D eigenvalue weighted by Gasteiger charge is -2.15. The third-order valence-electron chi connectivity index (χ3n) is 4.88. The monoisotopic (exact) mass is 665 g/mol. The highest BCUT2D eigenvalue weighted by Gasteiger charge is 2.24. The molecule has 3 aromatic carbocycles. The molecule has 0 saturated carbocycles. The topological polar surface area (TPSA) is 57.1 Å². The van der Waals surface area contributed by atoms with Crippen LogP contribution in [-0.4, -0.2) is 18.5 Å². The molecule has 0 saturated heterocycles. The number of carbonyl (C=O) groups is 1. The minimum absolute atomic E-state index is 0.247. The van der Waals surface area contributed by atoms with Gasteiger partial charge < -0.3 is 14.2 Å². The van der Waals surface area contributed by atoms with Crippen LogP contribution in [-0.2, 0) is 16.1 Å². The molecule has 0 spiro atoms. The third kappa shape index (κ3) is 5.75. The van der Waals surface area contributed by atoms with Crippen molar-refractivity contribution in [3.05, 3.63) is 95.8 Å². The van der Waals surface area contributed by atoms with E-state index < -0.39 is 5.97 Å². The molecular formula is C26H21I2NO4. The number of ether oxygens (including phenoxy) is 3. The largest absolute Gasteiger partial charge is 0.490 e. The van der Waals surface area contributed by atoms with Crippen molar-refractivity contribution in [2.75, 3.05) is 6.61 Å². The molecule has 33 heavy (non-hydrogen) atoms. The number of rotatable bonds is 7. The first-order chi connectivity index (χ1) is 15.9. The highest BCUT2D eigenvalue weighted by molar-refractivity contribution is 14.1. The second kappa shape index (κ2) is 10.7. The number of hydrogen-bond acceptors (Lipinski definition) is 5. The van der Waals surface area contributed by atoms with Gasteiger partial charge in [0, 0.05) is 14.7 Å². The number of aryl methyl sites for hydroxylation is 1. The van der Waals surface area contributed by atoms with Gasteiger partial charge in [0.25, 0.3) is 0 Å². The molecule has 168 valence electrons. The van der Waals surface area contributed by atoms with Crippen LogP contribution in [0.1, 0.15) is 29.2 Å². The fraction of sp³-hybridized carbons (Fsp3) is 0.154. The van der Waals surface area contributed by atoms with Crippen molar-refractivity contribution < 1.29 is 19.0 Å². The zero-order chi connectivity index (χ0) is 23.4. The summed E-state index contributed by atoms with van der Waals surface area (Å²) in [5.74, 6) is 1.13. The summed E-state index contributed by atoms with van der Waals surface area (Å²) in [7, 11) is 0. The van der Waals surface area contributed by atoms with Gasteiger partial charge in [-0.05, 0) is 101 Å². The number of halogens is 2. The van der Waals surface area contributed by atoms with E-state index in [1.807, 2.05) is 68.4 Å². The van der Waals surface area contributed by atoms with Crippen LogP contribution in [0.3, 0.4) is 0 Å². The first-order valence-corrected chi connectivity index (χ1v) is 12.5. The SMILES string of the molecule is CCOc1cc(/C=C2\N=C(c3ccc(C)cc3)OC2=O)cc(I)c1OCc1ccccc1I. The Kier molecular flexibility index (Phi) is 7.69. The van der Waals surface area contributed by atoms with E-state index in [1.165, 1.54) is 0 Å². The summed E-state index contributed by atoms with van der Waals surface area (Å²) in [5.41, 5.74) is 4.03. The van der Waals surface area contributed by atoms with Crippen LogP contribution in [0.2, 0.25) is 0 Å². The van der Waals surface area contributed by atoms with Gasteiger partial charge in [-0.3, -0.25) is 0 Å². The Labute approximate surface area is 220 Å². The second-order valence-electron chi connectivity index (χ2n) is 7.35. The number of benzene rings is 3. The first kappa shape index (κ1) is 23.7. The number of carbonyl (C=O) groups excluding carboxylic acids is 1. The summed E-state index contributed by atoms with van der Waals surface area (Å²) in [6, 6.07) is 19.6. The predicted molar refractivity (Wildman–Crippen MR) is 146 cm³/mol. The Morgan fingerprint density at radius 2 is 1.76 bits per heavy atom. The Morgan fingerprint density at radius 1 is 1.00 bits per heavy atom. The van der Waals surface area contributed by atoms with Crippen LogP contribution < -0.4 is 9.47 Å². The predicted octanol–water partition coefficient (Wildman–Crippen LogP) is 6.53. The molecular weight excluding hydrogens is 644 g/mol. The zero-order valence-electron chi connectivity index (χ0n) is 18.1. The van der Waals surface area contributed by atoms with Crippen molar-refractivity contribution in [3.63, 3.8) is 0 Å². The summed E-state index contributed by atoms with van der Waals surface area (Å²) in [6.45, 7) is 4.86. The van der Waals surface area contributed by atoms with Crippen molar-refractivity contribution in [1.29, 1.82) is 0 Å². The average molecular weight is 665 g/mol. The normalized spacial score (nSPS) is 14.2. The molecule has 0 N–H and O–H groups in total. The van der Waals surface area contributed by atoms with E-state index in [0.29, 0.717) is 30.6 Å². The Bertz CT molecular complexity index is 1250. The van der Waals surface area contributed by atoms with Crippen molar-refractivity contribution in [2.45, 2.75) is 20.5 Å². The van der Waals surface area contributed by atoms with Crippen LogP contribution in [0, 0.1) is 14.1 Å². The number of cyclic esters (lactones) is 1. The van der Waals surface area contributed by atoms with Gasteiger partial charge in [-0.25, -0.2) is 9.79 Å². The lowest BCUT2D eigenvalue weighted by Crippen LogP contribution is -2.05. The van der Waals surface area contributed by atoms with Gasteiger partial charge in [0.15, 0.2) is 17.2 Å². The van der Waals surface area contributed by atoms with Crippen molar-refractivity contribution >= 4 is 63.1 Å². The standard InChI is InChI=1S/C26H21I2NO4/c1-3-31-23-14-17(12-21(28)24(23)32-15-19-6-4-5-7-20(19)27)13-22-26(30)33-25(29-22)18-10-8-16(2)9-11-18/h4-14H,3,15H2,1-2H3/b22-13-. The molecule has 0 aliphatic carbocycles. The number of nitrogens with zero attached hydrogens (tertiary/aromatic N) is 1. The molecule has 5 nitrogen and oxygen atoms in total. The summed E-state index contributed by atoms with van der Waals surface area (Å²) in [4.78, 5) is 16.8. The van der Waals surface area contributed by atoms with Crippen LogP contribution in [0.4, 0.5) is 0 Å². The van der Waals surface area contributed by atoms with E-state index in [-0.39, 0.29) is 5.70 Å². The smallest absolute Gasteiger partial charge is 0.363 e. The van der Waals surface area contributed by atoms with Crippen LogP contribution >= 0.6 is 45.2 Å². The van der Waals surface area contributed by atoms with Gasteiger partial charge in [0.2, 0.25) is 5.90 Å². The van der Waals surface area contributed by atoms with Gasteiger partial charge in [-0.15, -0.1) is 0 Å². The van der Waals surface area contributed by atoms with Crippen molar-refractivity contribution in [3.8, 4) is 11.5 Å². The molecule has 4 rings (SSSR count). The minimum atomic E-state index is -0.475. The van der Waals surface area contributed by atoms with Gasteiger partial charge in [0.1, 0.15) is 6.61 Å². The first-order valence-electron chi connectivity index (χ1n) is 10.4. The molecule has 0 atom stereocenters. The Balaban J connectivity index is 1.61. The molecule has 0 unspecified atom stereocenters. The van der Waals surface area contributed by atoms with Gasteiger partial charge >= 0.3 is 5.97 Å². The number of hydrogen-bond donors (Lipinski definition) is 0. The molecule has 1 heterocycles. The molecule has 0 bridgehead atoms. The molecule has 0 aromatic heterocycles. The fourth-order valence-corrected chi connectivity index (χ4v) is 4.55. The number of esters is 1. The summed E-state index contributed by atoms with van der Waals surface area (Å²) in [5, 5.41) is 0. The molecule has 3 aromatic rings. The summed E-state index contributed by atoms with van der Waals surface area (Å²) in [6.07, 6.45) is 1.71. The zero-order valence-corrected chi connectivity index (χ0v) is 22.4. The highest BCUT2D eigenvalue weighted by atomic mass is 127. The van der Waals surface area contributed by atoms with E-state index in [4.69, 9.17) is 14.2 Å². The van der Waals surface area contributed by atoms with Crippen LogP contribution in [0.25, 0.3) is 6.08 Å².